The third kappa shape index (κ3) is 2.55. The first-order valence-electron chi connectivity index (χ1n) is 5.23. The van der Waals surface area contributed by atoms with Crippen LogP contribution in [0.4, 0.5) is 0 Å². The number of nitrogens with zero attached hydrogens (tertiary/aromatic N) is 1. The van der Waals surface area contributed by atoms with Crippen LogP contribution in [-0.2, 0) is 6.54 Å². The summed E-state index contributed by atoms with van der Waals surface area (Å²) in [7, 11) is 0. The molecule has 0 saturated heterocycles. The van der Waals surface area contributed by atoms with Crippen LogP contribution in [0, 0.1) is 0 Å². The Hall–Kier alpha value is -1.39. The molecule has 1 heterocycles. The minimum Gasteiger partial charge on any atom is -0.330 e. The predicted octanol–water partition coefficient (Wildman–Crippen LogP) is 1.00. The molecule has 0 amide bonds. The predicted molar refractivity (Wildman–Crippen MR) is 61.5 cm³/mol. The fraction of sp³-hybridized carbons (Fsp3) is 0.364. The number of fused-ring (bicyclic) bond motifs is 1. The van der Waals surface area contributed by atoms with Crippen molar-refractivity contribution in [3.8, 4) is 0 Å². The maximum Gasteiger partial charge on any atom is 0.0653 e. The highest BCUT2D eigenvalue weighted by Gasteiger charge is 1.97. The fourth-order valence-electron chi connectivity index (χ4n) is 1.55. The van der Waals surface area contributed by atoms with E-state index in [-0.39, 0.29) is 0 Å². The maximum atomic E-state index is 5.42. The minimum absolute atomic E-state index is 0.743. The molecule has 4 N–H and O–H groups in total. The van der Waals surface area contributed by atoms with Gasteiger partial charge in [-0.25, -0.2) is 0 Å². The average Bonchev–Trinajstić information content (AvgIpc) is 2.71. The van der Waals surface area contributed by atoms with Gasteiger partial charge in [0.05, 0.1) is 11.7 Å². The number of H-pyrrole nitrogens is 1. The molecule has 2 aromatic rings. The summed E-state index contributed by atoms with van der Waals surface area (Å²) < 4.78 is 0. The summed E-state index contributed by atoms with van der Waals surface area (Å²) >= 11 is 0. The van der Waals surface area contributed by atoms with Crippen molar-refractivity contribution in [2.45, 2.75) is 13.0 Å². The van der Waals surface area contributed by atoms with Gasteiger partial charge in [0.2, 0.25) is 0 Å². The van der Waals surface area contributed by atoms with Crippen molar-refractivity contribution in [1.29, 1.82) is 0 Å². The molecule has 0 atom stereocenters. The Kier molecular flexibility index (Phi) is 3.32. The van der Waals surface area contributed by atoms with E-state index in [1.165, 1.54) is 5.56 Å². The Labute approximate surface area is 88.9 Å². The van der Waals surface area contributed by atoms with Gasteiger partial charge in [-0.1, -0.05) is 12.1 Å². The summed E-state index contributed by atoms with van der Waals surface area (Å²) in [5, 5.41) is 11.5. The van der Waals surface area contributed by atoms with Crippen molar-refractivity contribution in [2.24, 2.45) is 5.73 Å². The number of hydrogen-bond donors (Lipinski definition) is 3. The number of aromatic nitrogens is 2. The number of benzene rings is 1. The molecule has 0 bridgehead atoms. The van der Waals surface area contributed by atoms with Crippen LogP contribution < -0.4 is 11.1 Å². The van der Waals surface area contributed by atoms with Crippen LogP contribution in [0.2, 0.25) is 0 Å². The quantitative estimate of drug-likeness (QED) is 0.636. The van der Waals surface area contributed by atoms with Crippen LogP contribution >= 0.6 is 0 Å². The standard InChI is InChI=1S/C11H16N4/c12-4-1-5-13-7-9-2-3-10-8-14-15-11(10)6-9/h2-3,6,8,13H,1,4-5,7,12H2,(H,14,15). The molecule has 1 aromatic carbocycles. The Balaban J connectivity index is 1.96. The summed E-state index contributed by atoms with van der Waals surface area (Å²) in [6.07, 6.45) is 2.85. The molecule has 0 spiro atoms. The highest BCUT2D eigenvalue weighted by atomic mass is 15.1. The lowest BCUT2D eigenvalue weighted by Crippen LogP contribution is -2.17. The molecule has 0 aliphatic carbocycles. The van der Waals surface area contributed by atoms with E-state index in [1.54, 1.807) is 0 Å². The van der Waals surface area contributed by atoms with Gasteiger partial charge in [-0.15, -0.1) is 0 Å². The molecule has 0 unspecified atom stereocenters. The van der Waals surface area contributed by atoms with Gasteiger partial charge in [0, 0.05) is 11.9 Å². The van der Waals surface area contributed by atoms with E-state index >= 15 is 0 Å². The number of aromatic amines is 1. The summed E-state index contributed by atoms with van der Waals surface area (Å²) in [5.74, 6) is 0. The molecule has 0 saturated carbocycles. The number of hydrogen-bond acceptors (Lipinski definition) is 3. The first kappa shape index (κ1) is 10.1. The molecule has 80 valence electrons. The van der Waals surface area contributed by atoms with Crippen molar-refractivity contribution in [2.75, 3.05) is 13.1 Å². The van der Waals surface area contributed by atoms with Crippen molar-refractivity contribution >= 4 is 10.9 Å². The van der Waals surface area contributed by atoms with Gasteiger partial charge in [0.15, 0.2) is 0 Å². The summed E-state index contributed by atoms with van der Waals surface area (Å²) in [4.78, 5) is 0. The van der Waals surface area contributed by atoms with E-state index in [0.29, 0.717) is 0 Å². The number of nitrogens with one attached hydrogen (secondary N) is 2. The zero-order chi connectivity index (χ0) is 10.5. The van der Waals surface area contributed by atoms with Gasteiger partial charge < -0.3 is 11.1 Å². The Morgan fingerprint density at radius 3 is 3.20 bits per heavy atom. The van der Waals surface area contributed by atoms with Crippen LogP contribution in [0.25, 0.3) is 10.9 Å². The van der Waals surface area contributed by atoms with E-state index in [9.17, 15) is 0 Å². The number of nitrogens with two attached hydrogens (primary N) is 1. The lowest BCUT2D eigenvalue weighted by molar-refractivity contribution is 0.656. The van der Waals surface area contributed by atoms with E-state index in [1.807, 2.05) is 6.20 Å². The molecule has 0 fully saturated rings. The second-order valence-electron chi connectivity index (χ2n) is 3.61. The average molecular weight is 204 g/mol. The minimum atomic E-state index is 0.743. The van der Waals surface area contributed by atoms with Crippen LogP contribution in [-0.4, -0.2) is 23.3 Å². The van der Waals surface area contributed by atoms with Crippen molar-refractivity contribution < 1.29 is 0 Å². The monoisotopic (exact) mass is 204 g/mol. The van der Waals surface area contributed by atoms with Crippen molar-refractivity contribution in [3.63, 3.8) is 0 Å². The summed E-state index contributed by atoms with van der Waals surface area (Å²) in [6, 6.07) is 6.32. The molecule has 0 aliphatic heterocycles. The largest absolute Gasteiger partial charge is 0.330 e. The fourth-order valence-corrected chi connectivity index (χ4v) is 1.55. The highest BCUT2D eigenvalue weighted by molar-refractivity contribution is 5.78. The summed E-state index contributed by atoms with van der Waals surface area (Å²) in [6.45, 7) is 2.60. The Bertz CT molecular complexity index is 421. The SMILES string of the molecule is NCCCNCc1ccc2cn[nH]c2c1. The molecule has 0 radical (unpaired) electrons. The smallest absolute Gasteiger partial charge is 0.0653 e. The zero-order valence-corrected chi connectivity index (χ0v) is 8.66. The number of rotatable bonds is 5. The molecular formula is C11H16N4. The van der Waals surface area contributed by atoms with Gasteiger partial charge in [0.1, 0.15) is 0 Å². The van der Waals surface area contributed by atoms with Crippen molar-refractivity contribution in [1.82, 2.24) is 15.5 Å². The molecule has 4 heteroatoms. The van der Waals surface area contributed by atoms with Crippen LogP contribution in [0.3, 0.4) is 0 Å². The first-order valence-corrected chi connectivity index (χ1v) is 5.23. The van der Waals surface area contributed by atoms with Gasteiger partial charge >= 0.3 is 0 Å². The zero-order valence-electron chi connectivity index (χ0n) is 8.66. The van der Waals surface area contributed by atoms with Crippen LogP contribution in [0.1, 0.15) is 12.0 Å². The van der Waals surface area contributed by atoms with Crippen molar-refractivity contribution in [3.05, 3.63) is 30.0 Å². The Morgan fingerprint density at radius 2 is 2.33 bits per heavy atom. The van der Waals surface area contributed by atoms with E-state index in [4.69, 9.17) is 5.73 Å². The molecular weight excluding hydrogens is 188 g/mol. The van der Waals surface area contributed by atoms with Gasteiger partial charge in [-0.2, -0.15) is 5.10 Å². The second kappa shape index (κ2) is 4.91. The van der Waals surface area contributed by atoms with E-state index < -0.39 is 0 Å². The first-order chi connectivity index (χ1) is 7.40. The normalized spacial score (nSPS) is 11.0. The maximum absolute atomic E-state index is 5.42. The molecule has 0 aliphatic rings. The van der Waals surface area contributed by atoms with Gasteiger partial charge in [0.25, 0.3) is 0 Å². The van der Waals surface area contributed by atoms with E-state index in [0.717, 1.165) is 37.0 Å². The summed E-state index contributed by atoms with van der Waals surface area (Å²) in [5.41, 5.74) is 7.77. The lowest BCUT2D eigenvalue weighted by Gasteiger charge is -2.03. The third-order valence-corrected chi connectivity index (χ3v) is 2.39. The lowest BCUT2D eigenvalue weighted by atomic mass is 10.1. The highest BCUT2D eigenvalue weighted by Crippen LogP contribution is 2.12. The Morgan fingerprint density at radius 1 is 1.40 bits per heavy atom. The molecule has 2 rings (SSSR count). The van der Waals surface area contributed by atoms with E-state index in [2.05, 4.69) is 33.7 Å². The van der Waals surface area contributed by atoms with Gasteiger partial charge in [-0.05, 0) is 31.1 Å². The van der Waals surface area contributed by atoms with Gasteiger partial charge in [-0.3, -0.25) is 5.10 Å². The second-order valence-corrected chi connectivity index (χ2v) is 3.61. The molecule has 1 aromatic heterocycles. The molecule has 15 heavy (non-hydrogen) atoms. The van der Waals surface area contributed by atoms with Crippen LogP contribution in [0.5, 0.6) is 0 Å². The molecule has 4 nitrogen and oxygen atoms in total. The topological polar surface area (TPSA) is 66.7 Å². The third-order valence-electron chi connectivity index (χ3n) is 2.39. The van der Waals surface area contributed by atoms with Crippen LogP contribution in [0.15, 0.2) is 24.4 Å².